The first-order valence-corrected chi connectivity index (χ1v) is 9.97. The maximum absolute atomic E-state index is 12.3. The van der Waals surface area contributed by atoms with Gasteiger partial charge in [-0.3, -0.25) is 4.79 Å². The average molecular weight is 433 g/mol. The molecule has 3 rings (SSSR count). The number of rotatable bonds is 6. The minimum Gasteiger partial charge on any atom is -0.490 e. The molecule has 1 amide bonds. The van der Waals surface area contributed by atoms with Crippen LogP contribution in [0.15, 0.2) is 53.0 Å². The van der Waals surface area contributed by atoms with E-state index in [0.29, 0.717) is 5.75 Å². The van der Waals surface area contributed by atoms with Crippen LogP contribution in [0.1, 0.15) is 19.8 Å². The Hall–Kier alpha value is -2.05. The lowest BCUT2D eigenvalue weighted by Gasteiger charge is -2.29. The summed E-state index contributed by atoms with van der Waals surface area (Å²) in [6.07, 6.45) is 1.75. The van der Waals surface area contributed by atoms with E-state index in [9.17, 15) is 4.79 Å². The standard InChI is InChI=1S/C21H25BrN2O3/c1-15(26-18-7-3-16(22)4-8-18)21(25)23-17-5-9-19(10-6-17)27-20-11-13-24(2)14-12-20/h3-10,15,20H,11-14H2,1-2H3,(H,23,25)/t15-/m1/s1. The molecule has 0 aromatic heterocycles. The van der Waals surface area contributed by atoms with E-state index < -0.39 is 6.10 Å². The third-order valence-electron chi connectivity index (χ3n) is 4.59. The Balaban J connectivity index is 1.49. The van der Waals surface area contributed by atoms with Crippen LogP contribution in [0.3, 0.4) is 0 Å². The van der Waals surface area contributed by atoms with Crippen LogP contribution in [0.2, 0.25) is 0 Å². The number of hydrogen-bond acceptors (Lipinski definition) is 4. The van der Waals surface area contributed by atoms with Crippen LogP contribution < -0.4 is 14.8 Å². The molecule has 0 bridgehead atoms. The van der Waals surface area contributed by atoms with Gasteiger partial charge in [-0.2, -0.15) is 0 Å². The number of halogens is 1. The van der Waals surface area contributed by atoms with Crippen LogP contribution in [0.4, 0.5) is 5.69 Å². The molecule has 0 spiro atoms. The van der Waals surface area contributed by atoms with Crippen molar-refractivity contribution in [2.75, 3.05) is 25.5 Å². The van der Waals surface area contributed by atoms with Crippen molar-refractivity contribution in [3.8, 4) is 11.5 Å². The molecule has 5 nitrogen and oxygen atoms in total. The molecule has 0 saturated carbocycles. The number of carbonyl (C=O) groups excluding carboxylic acids is 1. The Morgan fingerprint density at radius 2 is 1.67 bits per heavy atom. The lowest BCUT2D eigenvalue weighted by Crippen LogP contribution is -2.35. The van der Waals surface area contributed by atoms with E-state index in [2.05, 4.69) is 33.2 Å². The summed E-state index contributed by atoms with van der Waals surface area (Å²) in [5, 5.41) is 2.87. The van der Waals surface area contributed by atoms with Crippen LogP contribution >= 0.6 is 15.9 Å². The zero-order chi connectivity index (χ0) is 19.2. The molecule has 1 saturated heterocycles. The molecule has 27 heavy (non-hydrogen) atoms. The Bertz CT molecular complexity index is 741. The van der Waals surface area contributed by atoms with Gasteiger partial charge in [0.15, 0.2) is 6.10 Å². The van der Waals surface area contributed by atoms with Gasteiger partial charge in [0.05, 0.1) is 0 Å². The number of ether oxygens (including phenoxy) is 2. The van der Waals surface area contributed by atoms with Crippen molar-refractivity contribution in [2.24, 2.45) is 0 Å². The molecule has 1 fully saturated rings. The van der Waals surface area contributed by atoms with E-state index in [0.717, 1.165) is 41.8 Å². The predicted octanol–water partition coefficient (Wildman–Crippen LogP) is 4.33. The van der Waals surface area contributed by atoms with Crippen molar-refractivity contribution >= 4 is 27.5 Å². The van der Waals surface area contributed by atoms with E-state index >= 15 is 0 Å². The minimum atomic E-state index is -0.596. The quantitative estimate of drug-likeness (QED) is 0.737. The second-order valence-electron chi connectivity index (χ2n) is 6.85. The number of benzene rings is 2. The van der Waals surface area contributed by atoms with E-state index in [1.165, 1.54) is 0 Å². The van der Waals surface area contributed by atoms with Gasteiger partial charge in [-0.05, 0) is 75.3 Å². The first kappa shape index (κ1) is 19.7. The van der Waals surface area contributed by atoms with Crippen molar-refractivity contribution in [1.29, 1.82) is 0 Å². The van der Waals surface area contributed by atoms with Crippen LogP contribution in [-0.2, 0) is 4.79 Å². The van der Waals surface area contributed by atoms with E-state index in [4.69, 9.17) is 9.47 Å². The topological polar surface area (TPSA) is 50.8 Å². The summed E-state index contributed by atoms with van der Waals surface area (Å²) in [7, 11) is 2.13. The number of hydrogen-bond donors (Lipinski definition) is 1. The molecule has 1 aliphatic heterocycles. The summed E-state index contributed by atoms with van der Waals surface area (Å²) >= 11 is 3.38. The fourth-order valence-electron chi connectivity index (χ4n) is 2.93. The van der Waals surface area contributed by atoms with E-state index in [1.807, 2.05) is 48.5 Å². The molecule has 0 radical (unpaired) electrons. The molecule has 1 heterocycles. The summed E-state index contributed by atoms with van der Waals surface area (Å²) in [6.45, 7) is 3.86. The molecular weight excluding hydrogens is 408 g/mol. The number of amides is 1. The summed E-state index contributed by atoms with van der Waals surface area (Å²) < 4.78 is 12.7. The van der Waals surface area contributed by atoms with Gasteiger partial charge in [0.2, 0.25) is 0 Å². The second-order valence-corrected chi connectivity index (χ2v) is 7.76. The summed E-state index contributed by atoms with van der Waals surface area (Å²) in [6, 6.07) is 14.9. The monoisotopic (exact) mass is 432 g/mol. The highest BCUT2D eigenvalue weighted by Crippen LogP contribution is 2.21. The average Bonchev–Trinajstić information content (AvgIpc) is 2.67. The van der Waals surface area contributed by atoms with Crippen molar-refractivity contribution in [3.63, 3.8) is 0 Å². The van der Waals surface area contributed by atoms with Crippen LogP contribution in [0.25, 0.3) is 0 Å². The Labute approximate surface area is 168 Å². The highest BCUT2D eigenvalue weighted by atomic mass is 79.9. The number of nitrogens with one attached hydrogen (secondary N) is 1. The number of anilines is 1. The van der Waals surface area contributed by atoms with Gasteiger partial charge in [-0.1, -0.05) is 15.9 Å². The van der Waals surface area contributed by atoms with Crippen LogP contribution in [-0.4, -0.2) is 43.2 Å². The van der Waals surface area contributed by atoms with Crippen LogP contribution in [0, 0.1) is 0 Å². The number of carbonyl (C=O) groups is 1. The van der Waals surface area contributed by atoms with Gasteiger partial charge in [0.1, 0.15) is 17.6 Å². The summed E-state index contributed by atoms with van der Waals surface area (Å²) in [5.41, 5.74) is 0.724. The van der Waals surface area contributed by atoms with Gasteiger partial charge >= 0.3 is 0 Å². The minimum absolute atomic E-state index is 0.193. The molecular formula is C21H25BrN2O3. The Morgan fingerprint density at radius 3 is 2.30 bits per heavy atom. The molecule has 1 N–H and O–H groups in total. The van der Waals surface area contributed by atoms with E-state index in [-0.39, 0.29) is 12.0 Å². The van der Waals surface area contributed by atoms with Gasteiger partial charge in [-0.15, -0.1) is 0 Å². The molecule has 0 unspecified atom stereocenters. The smallest absolute Gasteiger partial charge is 0.265 e. The highest BCUT2D eigenvalue weighted by molar-refractivity contribution is 9.10. The maximum Gasteiger partial charge on any atom is 0.265 e. The first-order chi connectivity index (χ1) is 13.0. The zero-order valence-corrected chi connectivity index (χ0v) is 17.2. The second kappa shape index (κ2) is 9.24. The lowest BCUT2D eigenvalue weighted by atomic mass is 10.1. The first-order valence-electron chi connectivity index (χ1n) is 9.18. The molecule has 0 aliphatic carbocycles. The largest absolute Gasteiger partial charge is 0.490 e. The van der Waals surface area contributed by atoms with Gasteiger partial charge in [0, 0.05) is 23.2 Å². The predicted molar refractivity (Wildman–Crippen MR) is 110 cm³/mol. The van der Waals surface area contributed by atoms with E-state index in [1.54, 1.807) is 6.92 Å². The number of piperidine rings is 1. The SMILES string of the molecule is C[C@@H](Oc1ccc(Br)cc1)C(=O)Nc1ccc(OC2CCN(C)CC2)cc1. The van der Waals surface area contributed by atoms with Crippen LogP contribution in [0.5, 0.6) is 11.5 Å². The molecule has 2 aromatic carbocycles. The zero-order valence-electron chi connectivity index (χ0n) is 15.7. The third-order valence-corrected chi connectivity index (χ3v) is 5.11. The van der Waals surface area contributed by atoms with Gasteiger partial charge in [-0.25, -0.2) is 0 Å². The Morgan fingerprint density at radius 1 is 1.07 bits per heavy atom. The lowest BCUT2D eigenvalue weighted by molar-refractivity contribution is -0.122. The normalized spacial score (nSPS) is 16.6. The molecule has 144 valence electrons. The van der Waals surface area contributed by atoms with Crippen molar-refractivity contribution in [3.05, 3.63) is 53.0 Å². The number of nitrogens with zero attached hydrogens (tertiary/aromatic N) is 1. The summed E-state index contributed by atoms with van der Waals surface area (Å²) in [4.78, 5) is 14.7. The summed E-state index contributed by atoms with van der Waals surface area (Å²) in [5.74, 6) is 1.30. The third kappa shape index (κ3) is 5.97. The molecule has 6 heteroatoms. The van der Waals surface area contributed by atoms with Gasteiger partial charge in [0.25, 0.3) is 5.91 Å². The highest BCUT2D eigenvalue weighted by Gasteiger charge is 2.18. The molecule has 2 aromatic rings. The molecule has 1 atom stereocenters. The molecule has 1 aliphatic rings. The Kier molecular flexibility index (Phi) is 6.74. The van der Waals surface area contributed by atoms with Gasteiger partial charge < -0.3 is 19.7 Å². The van der Waals surface area contributed by atoms with Crippen molar-refractivity contribution in [1.82, 2.24) is 4.90 Å². The fourth-order valence-corrected chi connectivity index (χ4v) is 3.19. The van der Waals surface area contributed by atoms with Crippen molar-refractivity contribution in [2.45, 2.75) is 32.0 Å². The number of likely N-dealkylation sites (tertiary alicyclic amines) is 1. The fraction of sp³-hybridized carbons (Fsp3) is 0.381. The van der Waals surface area contributed by atoms with Crippen molar-refractivity contribution < 1.29 is 14.3 Å². The maximum atomic E-state index is 12.3.